The molecular formula is C19H21N5O2. The van der Waals surface area contributed by atoms with E-state index in [1.807, 2.05) is 42.3 Å². The van der Waals surface area contributed by atoms with E-state index >= 15 is 0 Å². The number of aromatic nitrogens is 3. The number of imidazole rings is 1. The maximum Gasteiger partial charge on any atom is 0.274 e. The lowest BCUT2D eigenvalue weighted by atomic mass is 10.2. The lowest BCUT2D eigenvalue weighted by Crippen LogP contribution is -2.49. The zero-order valence-corrected chi connectivity index (χ0v) is 14.9. The summed E-state index contributed by atoms with van der Waals surface area (Å²) in [5, 5.41) is 4.40. The van der Waals surface area contributed by atoms with Crippen molar-refractivity contribution in [2.24, 2.45) is 0 Å². The normalized spacial score (nSPS) is 14.7. The molecule has 1 aliphatic heterocycles. The number of rotatable bonds is 3. The standard InChI is InChI=1S/C19H21N5O2/c1-14-13-24-18(20-14)7-6-17(21-24)19(25)23-10-8-22(9-11-23)15-4-3-5-16(12-15)26-2/h3-7,12-13H,8-11H2,1-2H3. The Balaban J connectivity index is 1.45. The summed E-state index contributed by atoms with van der Waals surface area (Å²) in [6.45, 7) is 4.81. The van der Waals surface area contributed by atoms with Crippen LogP contribution in [0.2, 0.25) is 0 Å². The van der Waals surface area contributed by atoms with Crippen LogP contribution in [-0.2, 0) is 0 Å². The van der Waals surface area contributed by atoms with Crippen molar-refractivity contribution in [2.45, 2.75) is 6.92 Å². The maximum absolute atomic E-state index is 12.8. The molecule has 0 N–H and O–H groups in total. The topological polar surface area (TPSA) is 63.0 Å². The highest BCUT2D eigenvalue weighted by molar-refractivity contribution is 5.92. The number of carbonyl (C=O) groups excluding carboxylic acids is 1. The highest BCUT2D eigenvalue weighted by Gasteiger charge is 2.23. The van der Waals surface area contributed by atoms with Crippen molar-refractivity contribution in [3.8, 4) is 5.75 Å². The molecule has 4 rings (SSSR count). The van der Waals surface area contributed by atoms with Gasteiger partial charge in [-0.05, 0) is 31.2 Å². The van der Waals surface area contributed by atoms with Gasteiger partial charge in [0.25, 0.3) is 5.91 Å². The molecule has 0 atom stereocenters. The van der Waals surface area contributed by atoms with E-state index in [2.05, 4.69) is 21.0 Å². The van der Waals surface area contributed by atoms with Gasteiger partial charge in [-0.2, -0.15) is 5.10 Å². The predicted molar refractivity (Wildman–Crippen MR) is 98.8 cm³/mol. The van der Waals surface area contributed by atoms with Crippen LogP contribution in [0.3, 0.4) is 0 Å². The molecule has 0 aliphatic carbocycles. The molecule has 1 saturated heterocycles. The number of piperazine rings is 1. The van der Waals surface area contributed by atoms with Gasteiger partial charge < -0.3 is 14.5 Å². The Bertz CT molecular complexity index is 944. The summed E-state index contributed by atoms with van der Waals surface area (Å²) < 4.78 is 6.95. The molecule has 0 radical (unpaired) electrons. The fraction of sp³-hybridized carbons (Fsp3) is 0.316. The fourth-order valence-electron chi connectivity index (χ4n) is 3.25. The minimum absolute atomic E-state index is 0.0384. The summed E-state index contributed by atoms with van der Waals surface area (Å²) in [6, 6.07) is 11.6. The Kier molecular flexibility index (Phi) is 4.20. The number of anilines is 1. The zero-order chi connectivity index (χ0) is 18.1. The number of carbonyl (C=O) groups is 1. The third-order valence-corrected chi connectivity index (χ3v) is 4.64. The number of methoxy groups -OCH3 is 1. The fourth-order valence-corrected chi connectivity index (χ4v) is 3.25. The molecule has 1 amide bonds. The van der Waals surface area contributed by atoms with Crippen LogP contribution in [0.1, 0.15) is 16.2 Å². The van der Waals surface area contributed by atoms with E-state index in [4.69, 9.17) is 4.74 Å². The van der Waals surface area contributed by atoms with Gasteiger partial charge in [0.1, 0.15) is 11.4 Å². The molecule has 0 unspecified atom stereocenters. The van der Waals surface area contributed by atoms with E-state index in [1.165, 1.54) is 0 Å². The Morgan fingerprint density at radius 2 is 1.92 bits per heavy atom. The van der Waals surface area contributed by atoms with Gasteiger partial charge in [-0.3, -0.25) is 4.79 Å². The first kappa shape index (κ1) is 16.4. The highest BCUT2D eigenvalue weighted by atomic mass is 16.5. The van der Waals surface area contributed by atoms with Gasteiger partial charge in [0.05, 0.1) is 19.0 Å². The van der Waals surface area contributed by atoms with Gasteiger partial charge in [-0.1, -0.05) is 6.07 Å². The van der Waals surface area contributed by atoms with Crippen molar-refractivity contribution in [1.29, 1.82) is 0 Å². The van der Waals surface area contributed by atoms with Crippen molar-refractivity contribution in [2.75, 3.05) is 38.2 Å². The molecular weight excluding hydrogens is 330 g/mol. The summed E-state index contributed by atoms with van der Waals surface area (Å²) in [4.78, 5) is 21.2. The Hall–Kier alpha value is -3.09. The monoisotopic (exact) mass is 351 g/mol. The highest BCUT2D eigenvalue weighted by Crippen LogP contribution is 2.22. The molecule has 0 spiro atoms. The van der Waals surface area contributed by atoms with Crippen molar-refractivity contribution in [1.82, 2.24) is 19.5 Å². The second kappa shape index (κ2) is 6.67. The lowest BCUT2D eigenvalue weighted by Gasteiger charge is -2.36. The number of fused-ring (bicyclic) bond motifs is 1. The van der Waals surface area contributed by atoms with Crippen LogP contribution in [0.5, 0.6) is 5.75 Å². The lowest BCUT2D eigenvalue weighted by molar-refractivity contribution is 0.0739. The molecule has 26 heavy (non-hydrogen) atoms. The van der Waals surface area contributed by atoms with Gasteiger partial charge in [0.15, 0.2) is 5.65 Å². The first-order valence-corrected chi connectivity index (χ1v) is 8.65. The zero-order valence-electron chi connectivity index (χ0n) is 14.9. The molecule has 1 aliphatic rings. The average molecular weight is 351 g/mol. The van der Waals surface area contributed by atoms with E-state index in [1.54, 1.807) is 17.7 Å². The molecule has 0 bridgehead atoms. The minimum Gasteiger partial charge on any atom is -0.497 e. The van der Waals surface area contributed by atoms with Crippen molar-refractivity contribution < 1.29 is 9.53 Å². The number of ether oxygens (including phenoxy) is 1. The first-order valence-electron chi connectivity index (χ1n) is 8.65. The first-order chi connectivity index (χ1) is 12.6. The molecule has 1 aromatic carbocycles. The molecule has 3 heterocycles. The number of hydrogen-bond donors (Lipinski definition) is 0. The predicted octanol–water partition coefficient (Wildman–Crippen LogP) is 2.01. The van der Waals surface area contributed by atoms with Crippen molar-refractivity contribution in [3.05, 3.63) is 54.0 Å². The Morgan fingerprint density at radius 1 is 1.12 bits per heavy atom. The van der Waals surface area contributed by atoms with Crippen LogP contribution in [0, 0.1) is 6.92 Å². The van der Waals surface area contributed by atoms with Gasteiger partial charge in [-0.25, -0.2) is 9.50 Å². The van der Waals surface area contributed by atoms with Crippen molar-refractivity contribution >= 4 is 17.2 Å². The van der Waals surface area contributed by atoms with Crippen LogP contribution < -0.4 is 9.64 Å². The third-order valence-electron chi connectivity index (χ3n) is 4.64. The summed E-state index contributed by atoms with van der Waals surface area (Å²) in [5.74, 6) is 0.803. The number of hydrogen-bond acceptors (Lipinski definition) is 5. The van der Waals surface area contributed by atoms with E-state index in [9.17, 15) is 4.79 Å². The Morgan fingerprint density at radius 3 is 2.69 bits per heavy atom. The molecule has 7 heteroatoms. The minimum atomic E-state index is -0.0384. The van der Waals surface area contributed by atoms with E-state index in [-0.39, 0.29) is 5.91 Å². The largest absolute Gasteiger partial charge is 0.497 e. The van der Waals surface area contributed by atoms with Gasteiger partial charge in [0.2, 0.25) is 0 Å². The maximum atomic E-state index is 12.8. The van der Waals surface area contributed by atoms with Crippen molar-refractivity contribution in [3.63, 3.8) is 0 Å². The SMILES string of the molecule is COc1cccc(N2CCN(C(=O)c3ccc4nc(C)cn4n3)CC2)c1. The van der Waals surface area contributed by atoms with Crippen LogP contribution in [0.4, 0.5) is 5.69 Å². The van der Waals surface area contributed by atoms with Crippen LogP contribution in [0.15, 0.2) is 42.6 Å². The van der Waals surface area contributed by atoms with Gasteiger partial charge in [0, 0.05) is 37.9 Å². The molecule has 1 fully saturated rings. The van der Waals surface area contributed by atoms with Crippen LogP contribution in [0.25, 0.3) is 5.65 Å². The molecule has 0 saturated carbocycles. The summed E-state index contributed by atoms with van der Waals surface area (Å²) in [6.07, 6.45) is 1.83. The summed E-state index contributed by atoms with van der Waals surface area (Å²) in [5.41, 5.74) is 3.20. The average Bonchev–Trinajstić information content (AvgIpc) is 3.06. The second-order valence-corrected chi connectivity index (χ2v) is 6.38. The quantitative estimate of drug-likeness (QED) is 0.722. The van der Waals surface area contributed by atoms with Crippen LogP contribution >= 0.6 is 0 Å². The molecule has 2 aromatic heterocycles. The Labute approximate surface area is 151 Å². The third kappa shape index (κ3) is 3.08. The smallest absolute Gasteiger partial charge is 0.274 e. The molecule has 7 nitrogen and oxygen atoms in total. The number of benzene rings is 1. The van der Waals surface area contributed by atoms with E-state index < -0.39 is 0 Å². The summed E-state index contributed by atoms with van der Waals surface area (Å²) >= 11 is 0. The van der Waals surface area contributed by atoms with Gasteiger partial charge in [-0.15, -0.1) is 0 Å². The molecule has 3 aromatic rings. The molecule has 134 valence electrons. The number of aryl methyl sites for hydroxylation is 1. The number of nitrogens with zero attached hydrogens (tertiary/aromatic N) is 5. The van der Waals surface area contributed by atoms with E-state index in [0.717, 1.165) is 35.9 Å². The second-order valence-electron chi connectivity index (χ2n) is 6.38. The summed E-state index contributed by atoms with van der Waals surface area (Å²) in [7, 11) is 1.67. The van der Waals surface area contributed by atoms with E-state index in [0.29, 0.717) is 18.8 Å². The number of amides is 1. The van der Waals surface area contributed by atoms with Crippen LogP contribution in [-0.4, -0.2) is 58.7 Å². The van der Waals surface area contributed by atoms with Gasteiger partial charge >= 0.3 is 0 Å².